The number of hydrogen-bond donors (Lipinski definition) is 1. The van der Waals surface area contributed by atoms with Crippen molar-refractivity contribution >= 4 is 15.9 Å². The van der Waals surface area contributed by atoms with Crippen LogP contribution >= 0.6 is 0 Å². The molecule has 184 valence electrons. The zero-order chi connectivity index (χ0) is 24.5. The van der Waals surface area contributed by atoms with E-state index in [4.69, 9.17) is 14.2 Å². The van der Waals surface area contributed by atoms with Gasteiger partial charge in [-0.05, 0) is 63.1 Å². The first-order valence-corrected chi connectivity index (χ1v) is 12.9. The van der Waals surface area contributed by atoms with Crippen LogP contribution in [0.5, 0.6) is 17.2 Å². The van der Waals surface area contributed by atoms with Gasteiger partial charge < -0.3 is 19.5 Å². The Balaban J connectivity index is 1.41. The highest BCUT2D eigenvalue weighted by atomic mass is 32.2. The highest BCUT2D eigenvalue weighted by Gasteiger charge is 2.37. The van der Waals surface area contributed by atoms with Crippen LogP contribution in [0.4, 0.5) is 0 Å². The van der Waals surface area contributed by atoms with Gasteiger partial charge in [0.2, 0.25) is 15.9 Å². The van der Waals surface area contributed by atoms with Crippen molar-refractivity contribution in [2.45, 2.75) is 49.6 Å². The molecule has 1 fully saturated rings. The van der Waals surface area contributed by atoms with Gasteiger partial charge in [0, 0.05) is 37.1 Å². The summed E-state index contributed by atoms with van der Waals surface area (Å²) < 4.78 is 44.0. The number of benzene rings is 2. The van der Waals surface area contributed by atoms with Crippen LogP contribution in [-0.4, -0.2) is 51.5 Å². The van der Waals surface area contributed by atoms with Crippen molar-refractivity contribution in [3.05, 3.63) is 48.0 Å². The number of rotatable bonds is 6. The number of nitrogens with zero attached hydrogens (tertiary/aromatic N) is 1. The number of nitrogens with one attached hydrogen (secondary N) is 1. The summed E-state index contributed by atoms with van der Waals surface area (Å²) in [4.78, 5) is 13.4. The fourth-order valence-electron chi connectivity index (χ4n) is 4.63. The van der Waals surface area contributed by atoms with Gasteiger partial charge in [-0.1, -0.05) is 0 Å². The lowest BCUT2D eigenvalue weighted by Gasteiger charge is -2.39. The Morgan fingerprint density at radius 1 is 1.03 bits per heavy atom. The summed E-state index contributed by atoms with van der Waals surface area (Å²) >= 11 is 0. The van der Waals surface area contributed by atoms with Crippen molar-refractivity contribution in [3.63, 3.8) is 0 Å². The minimum Gasteiger partial charge on any atom is -0.497 e. The van der Waals surface area contributed by atoms with E-state index in [1.807, 2.05) is 32.0 Å². The standard InChI is InChI=1S/C25H32N2O6S/c1-25(2)16-22(21-10-7-19(32-4)15-23(21)33-25)26-24(28)17-11-13-27(14-12-17)34(29,30)20-8-5-18(31-3)6-9-20/h5-10,15,17,22H,11-14,16H2,1-4H3,(H,26,28)/t22-/m0/s1. The zero-order valence-electron chi connectivity index (χ0n) is 20.0. The van der Waals surface area contributed by atoms with E-state index in [-0.39, 0.29) is 22.8 Å². The van der Waals surface area contributed by atoms with Crippen LogP contribution in [0.25, 0.3) is 0 Å². The van der Waals surface area contributed by atoms with Gasteiger partial charge in [0.1, 0.15) is 22.8 Å². The molecule has 2 aromatic carbocycles. The van der Waals surface area contributed by atoms with Crippen LogP contribution in [0.15, 0.2) is 47.4 Å². The first-order valence-electron chi connectivity index (χ1n) is 11.4. The summed E-state index contributed by atoms with van der Waals surface area (Å²) in [5.74, 6) is 1.72. The minimum absolute atomic E-state index is 0.0500. The molecule has 0 unspecified atom stereocenters. The second-order valence-electron chi connectivity index (χ2n) is 9.38. The molecule has 0 aromatic heterocycles. The molecule has 1 atom stereocenters. The molecule has 2 aromatic rings. The Labute approximate surface area is 201 Å². The lowest BCUT2D eigenvalue weighted by molar-refractivity contribution is -0.127. The molecular weight excluding hydrogens is 456 g/mol. The predicted molar refractivity (Wildman–Crippen MR) is 128 cm³/mol. The average molecular weight is 489 g/mol. The fraction of sp³-hybridized carbons (Fsp3) is 0.480. The van der Waals surface area contributed by atoms with Crippen LogP contribution in [0, 0.1) is 5.92 Å². The van der Waals surface area contributed by atoms with E-state index in [1.165, 1.54) is 11.4 Å². The van der Waals surface area contributed by atoms with Crippen LogP contribution in [0.2, 0.25) is 0 Å². The Morgan fingerprint density at radius 3 is 2.26 bits per heavy atom. The first-order chi connectivity index (χ1) is 16.1. The van der Waals surface area contributed by atoms with E-state index in [1.54, 1.807) is 31.4 Å². The normalized spacial score (nSPS) is 20.6. The SMILES string of the molecule is COc1ccc(S(=O)(=O)N2CCC(C(=O)N[C@H]3CC(C)(C)Oc4cc(OC)ccc43)CC2)cc1. The maximum Gasteiger partial charge on any atom is 0.243 e. The molecule has 8 nitrogen and oxygen atoms in total. The summed E-state index contributed by atoms with van der Waals surface area (Å²) in [5.41, 5.74) is 0.487. The molecule has 2 aliphatic heterocycles. The topological polar surface area (TPSA) is 94.2 Å². The molecule has 0 bridgehead atoms. The third-order valence-corrected chi connectivity index (χ3v) is 8.43. The summed E-state index contributed by atoms with van der Waals surface area (Å²) in [6.45, 7) is 4.60. The van der Waals surface area contributed by atoms with E-state index in [9.17, 15) is 13.2 Å². The molecule has 1 amide bonds. The van der Waals surface area contributed by atoms with Gasteiger partial charge in [-0.2, -0.15) is 4.31 Å². The van der Waals surface area contributed by atoms with Crippen molar-refractivity contribution < 1.29 is 27.4 Å². The quantitative estimate of drug-likeness (QED) is 0.669. The van der Waals surface area contributed by atoms with Crippen molar-refractivity contribution in [2.24, 2.45) is 5.92 Å². The molecule has 0 aliphatic carbocycles. The molecule has 9 heteroatoms. The monoisotopic (exact) mass is 488 g/mol. The smallest absolute Gasteiger partial charge is 0.243 e. The fourth-order valence-corrected chi connectivity index (χ4v) is 6.10. The lowest BCUT2D eigenvalue weighted by Crippen LogP contribution is -2.46. The molecule has 0 radical (unpaired) electrons. The number of sulfonamides is 1. The Hall–Kier alpha value is -2.78. The summed E-state index contributed by atoms with van der Waals surface area (Å²) in [5, 5.41) is 3.19. The van der Waals surface area contributed by atoms with E-state index >= 15 is 0 Å². The molecule has 4 rings (SSSR count). The molecule has 0 saturated carbocycles. The molecular formula is C25H32N2O6S. The van der Waals surface area contributed by atoms with Gasteiger partial charge in [0.05, 0.1) is 25.2 Å². The second kappa shape index (κ2) is 9.46. The van der Waals surface area contributed by atoms with Gasteiger partial charge in [-0.25, -0.2) is 8.42 Å². The van der Waals surface area contributed by atoms with Gasteiger partial charge >= 0.3 is 0 Å². The summed E-state index contributed by atoms with van der Waals surface area (Å²) in [6, 6.07) is 11.8. The third kappa shape index (κ3) is 5.00. The van der Waals surface area contributed by atoms with Crippen LogP contribution in [0.1, 0.15) is 44.7 Å². The van der Waals surface area contributed by atoms with Crippen molar-refractivity contribution in [2.75, 3.05) is 27.3 Å². The first kappa shape index (κ1) is 24.3. The lowest BCUT2D eigenvalue weighted by atomic mass is 9.88. The average Bonchev–Trinajstić information content (AvgIpc) is 2.83. The number of ether oxygens (including phenoxy) is 3. The van der Waals surface area contributed by atoms with E-state index in [0.717, 1.165) is 5.56 Å². The summed E-state index contributed by atoms with van der Waals surface area (Å²) in [6.07, 6.45) is 1.59. The van der Waals surface area contributed by atoms with E-state index in [0.29, 0.717) is 49.6 Å². The highest BCUT2D eigenvalue weighted by Crippen LogP contribution is 2.41. The zero-order valence-corrected chi connectivity index (χ0v) is 20.9. The van der Waals surface area contributed by atoms with Crippen molar-refractivity contribution in [3.8, 4) is 17.2 Å². The van der Waals surface area contributed by atoms with Gasteiger partial charge in [0.25, 0.3) is 0 Å². The Kier molecular flexibility index (Phi) is 6.78. The van der Waals surface area contributed by atoms with Crippen LogP contribution in [-0.2, 0) is 14.8 Å². The van der Waals surface area contributed by atoms with Gasteiger partial charge in [-0.15, -0.1) is 0 Å². The van der Waals surface area contributed by atoms with E-state index in [2.05, 4.69) is 5.32 Å². The van der Waals surface area contributed by atoms with Crippen LogP contribution < -0.4 is 19.5 Å². The number of piperidine rings is 1. The molecule has 34 heavy (non-hydrogen) atoms. The van der Waals surface area contributed by atoms with E-state index < -0.39 is 15.6 Å². The number of fused-ring (bicyclic) bond motifs is 1. The number of amides is 1. The Morgan fingerprint density at radius 2 is 1.65 bits per heavy atom. The molecule has 0 spiro atoms. The Bertz CT molecular complexity index is 1140. The summed E-state index contributed by atoms with van der Waals surface area (Å²) in [7, 11) is -0.463. The number of methoxy groups -OCH3 is 2. The largest absolute Gasteiger partial charge is 0.497 e. The van der Waals surface area contributed by atoms with Gasteiger partial charge in [-0.3, -0.25) is 4.79 Å². The molecule has 1 N–H and O–H groups in total. The van der Waals surface area contributed by atoms with Crippen molar-refractivity contribution in [1.29, 1.82) is 0 Å². The third-order valence-electron chi connectivity index (χ3n) is 6.52. The number of carbonyl (C=O) groups is 1. The predicted octanol–water partition coefficient (Wildman–Crippen LogP) is 3.52. The molecule has 2 aliphatic rings. The molecule has 1 saturated heterocycles. The molecule has 2 heterocycles. The second-order valence-corrected chi connectivity index (χ2v) is 11.3. The highest BCUT2D eigenvalue weighted by molar-refractivity contribution is 7.89. The maximum atomic E-state index is 13.1. The number of carbonyl (C=O) groups excluding carboxylic acids is 1. The van der Waals surface area contributed by atoms with Crippen LogP contribution in [0.3, 0.4) is 0 Å². The van der Waals surface area contributed by atoms with Crippen molar-refractivity contribution in [1.82, 2.24) is 9.62 Å². The van der Waals surface area contributed by atoms with Gasteiger partial charge in [0.15, 0.2) is 0 Å². The number of hydrogen-bond acceptors (Lipinski definition) is 6. The minimum atomic E-state index is -3.61. The maximum absolute atomic E-state index is 13.1.